The van der Waals surface area contributed by atoms with E-state index in [1.165, 1.54) is 135 Å². The van der Waals surface area contributed by atoms with Gasteiger partial charge >= 0.3 is 11.9 Å². The first-order valence-electron chi connectivity index (χ1n) is 21.6. The van der Waals surface area contributed by atoms with Gasteiger partial charge in [-0.1, -0.05) is 174 Å². The quantitative estimate of drug-likeness (QED) is 0.0353. The van der Waals surface area contributed by atoms with Gasteiger partial charge < -0.3 is 28.6 Å². The molecule has 8 heteroatoms. The average molecular weight is 726 g/mol. The van der Waals surface area contributed by atoms with Crippen LogP contribution in [0.25, 0.3) is 0 Å². The minimum atomic E-state index is -1.12. The summed E-state index contributed by atoms with van der Waals surface area (Å²) in [5, 5.41) is 11.6. The fourth-order valence-corrected chi connectivity index (χ4v) is 6.60. The number of carboxylic acid groups (broad SMARTS) is 1. The molecule has 0 radical (unpaired) electrons. The van der Waals surface area contributed by atoms with Crippen LogP contribution in [0.5, 0.6) is 0 Å². The summed E-state index contributed by atoms with van der Waals surface area (Å²) in [6, 6.07) is -0.718. The van der Waals surface area contributed by atoms with E-state index in [0.717, 1.165) is 38.5 Å². The number of hydrogen-bond donors (Lipinski definition) is 0. The number of esters is 2. The van der Waals surface area contributed by atoms with Gasteiger partial charge in [0.25, 0.3) is 0 Å². The molecule has 0 bridgehead atoms. The number of rotatable bonds is 39. The SMILES string of the molecule is CCCCCCCCCCCCCCCCCC(=O)OC(COCCC(C(=O)[O-])[N+](C)(C)C)COC(=O)CCCCCCCCCCCCCC. The Labute approximate surface area is 315 Å². The van der Waals surface area contributed by atoms with E-state index in [-0.39, 0.29) is 42.7 Å². The molecule has 0 aliphatic rings. The van der Waals surface area contributed by atoms with E-state index in [1.54, 1.807) is 21.1 Å². The summed E-state index contributed by atoms with van der Waals surface area (Å²) >= 11 is 0. The lowest BCUT2D eigenvalue weighted by atomic mass is 10.0. The van der Waals surface area contributed by atoms with Gasteiger partial charge in [-0.2, -0.15) is 0 Å². The first-order chi connectivity index (χ1) is 24.6. The van der Waals surface area contributed by atoms with Gasteiger partial charge in [0.05, 0.1) is 40.3 Å². The van der Waals surface area contributed by atoms with E-state index in [4.69, 9.17) is 14.2 Å². The molecule has 0 spiro atoms. The third kappa shape index (κ3) is 33.9. The van der Waals surface area contributed by atoms with Gasteiger partial charge in [-0.25, -0.2) is 0 Å². The summed E-state index contributed by atoms with van der Waals surface area (Å²) in [5.74, 6) is -1.72. The third-order valence-corrected chi connectivity index (χ3v) is 9.99. The normalized spacial score (nSPS) is 12.9. The van der Waals surface area contributed by atoms with Crippen LogP contribution in [0.1, 0.15) is 206 Å². The first-order valence-corrected chi connectivity index (χ1v) is 21.6. The van der Waals surface area contributed by atoms with Crippen LogP contribution < -0.4 is 5.11 Å². The Morgan fingerprint density at radius 3 is 1.22 bits per heavy atom. The van der Waals surface area contributed by atoms with E-state index >= 15 is 0 Å². The van der Waals surface area contributed by atoms with Gasteiger partial charge in [-0.3, -0.25) is 9.59 Å². The van der Waals surface area contributed by atoms with Crippen LogP contribution in [0, 0.1) is 0 Å². The Bertz CT molecular complexity index is 813. The van der Waals surface area contributed by atoms with E-state index < -0.39 is 18.1 Å². The molecule has 2 unspecified atom stereocenters. The molecule has 0 amide bonds. The van der Waals surface area contributed by atoms with Crippen LogP contribution >= 0.6 is 0 Å². The molecule has 0 aromatic heterocycles. The number of hydrogen-bond acceptors (Lipinski definition) is 7. The molecule has 0 fully saturated rings. The summed E-state index contributed by atoms with van der Waals surface area (Å²) in [6.07, 6.45) is 34.0. The summed E-state index contributed by atoms with van der Waals surface area (Å²) in [6.45, 7) is 4.68. The summed E-state index contributed by atoms with van der Waals surface area (Å²) in [5.41, 5.74) is 0. The number of likely N-dealkylation sites (N-methyl/N-ethyl adjacent to an activating group) is 1. The van der Waals surface area contributed by atoms with Gasteiger partial charge in [0, 0.05) is 19.3 Å². The highest BCUT2D eigenvalue weighted by atomic mass is 16.6. The monoisotopic (exact) mass is 726 g/mol. The van der Waals surface area contributed by atoms with Gasteiger partial charge in [0.1, 0.15) is 12.6 Å². The zero-order chi connectivity index (χ0) is 37.8. The van der Waals surface area contributed by atoms with E-state index in [0.29, 0.717) is 12.8 Å². The number of quaternary nitrogens is 1. The molecular formula is C43H83NO7. The minimum absolute atomic E-state index is 0.0490. The molecule has 0 aliphatic heterocycles. The molecule has 0 aromatic rings. The maximum absolute atomic E-state index is 12.7. The smallest absolute Gasteiger partial charge is 0.306 e. The Hall–Kier alpha value is -1.67. The number of carboxylic acids is 1. The van der Waals surface area contributed by atoms with Crippen molar-refractivity contribution in [1.29, 1.82) is 0 Å². The van der Waals surface area contributed by atoms with Gasteiger partial charge in [0.2, 0.25) is 0 Å². The molecule has 302 valence electrons. The lowest BCUT2D eigenvalue weighted by molar-refractivity contribution is -0.889. The Morgan fingerprint density at radius 2 is 0.863 bits per heavy atom. The zero-order valence-electron chi connectivity index (χ0n) is 34.3. The molecule has 51 heavy (non-hydrogen) atoms. The van der Waals surface area contributed by atoms with Crippen molar-refractivity contribution >= 4 is 17.9 Å². The predicted molar refractivity (Wildman–Crippen MR) is 208 cm³/mol. The second kappa shape index (κ2) is 35.4. The molecule has 0 saturated heterocycles. The minimum Gasteiger partial charge on any atom is -0.544 e. The highest BCUT2D eigenvalue weighted by Crippen LogP contribution is 2.16. The van der Waals surface area contributed by atoms with E-state index in [1.807, 2.05) is 0 Å². The molecular weight excluding hydrogens is 642 g/mol. The first kappa shape index (κ1) is 49.3. The number of carbonyl (C=O) groups is 3. The summed E-state index contributed by atoms with van der Waals surface area (Å²) < 4.78 is 17.2. The van der Waals surface area contributed by atoms with Gasteiger partial charge in [-0.15, -0.1) is 0 Å². The van der Waals surface area contributed by atoms with Crippen molar-refractivity contribution in [3.63, 3.8) is 0 Å². The Balaban J connectivity index is 4.32. The highest BCUT2D eigenvalue weighted by Gasteiger charge is 2.25. The summed E-state index contributed by atoms with van der Waals surface area (Å²) in [7, 11) is 5.41. The summed E-state index contributed by atoms with van der Waals surface area (Å²) in [4.78, 5) is 36.8. The number of ether oxygens (including phenoxy) is 3. The highest BCUT2D eigenvalue weighted by molar-refractivity contribution is 5.70. The van der Waals surface area contributed by atoms with Crippen LogP contribution in [-0.4, -0.2) is 75.5 Å². The maximum atomic E-state index is 12.7. The maximum Gasteiger partial charge on any atom is 0.306 e. The molecule has 0 aliphatic carbocycles. The molecule has 8 nitrogen and oxygen atoms in total. The lowest BCUT2D eigenvalue weighted by Crippen LogP contribution is -2.55. The van der Waals surface area contributed by atoms with Crippen molar-refractivity contribution in [3.8, 4) is 0 Å². The third-order valence-electron chi connectivity index (χ3n) is 9.99. The van der Waals surface area contributed by atoms with Gasteiger partial charge in [0.15, 0.2) is 6.10 Å². The van der Waals surface area contributed by atoms with Crippen molar-refractivity contribution in [1.82, 2.24) is 0 Å². The van der Waals surface area contributed by atoms with Crippen molar-refractivity contribution in [2.75, 3.05) is 41.0 Å². The fourth-order valence-electron chi connectivity index (χ4n) is 6.60. The fraction of sp³-hybridized carbons (Fsp3) is 0.930. The molecule has 0 heterocycles. The zero-order valence-corrected chi connectivity index (χ0v) is 34.3. The second-order valence-electron chi connectivity index (χ2n) is 15.9. The average Bonchev–Trinajstić information content (AvgIpc) is 3.08. The van der Waals surface area contributed by atoms with Crippen molar-refractivity contribution in [2.24, 2.45) is 0 Å². The molecule has 2 atom stereocenters. The second-order valence-corrected chi connectivity index (χ2v) is 15.9. The Kier molecular flexibility index (Phi) is 34.2. The van der Waals surface area contributed by atoms with Gasteiger partial charge in [-0.05, 0) is 12.8 Å². The number of nitrogens with zero attached hydrogens (tertiary/aromatic N) is 1. The van der Waals surface area contributed by atoms with E-state index in [9.17, 15) is 19.5 Å². The van der Waals surface area contributed by atoms with E-state index in [2.05, 4.69) is 13.8 Å². The van der Waals surface area contributed by atoms with Crippen molar-refractivity contribution in [3.05, 3.63) is 0 Å². The number of aliphatic carboxylic acids is 1. The standard InChI is InChI=1S/C43H83NO7/c1-6-8-10-12-14-16-18-20-21-22-24-26-28-30-32-34-42(46)51-39(37-49-36-35-40(43(47)48)44(3,4)5)38-50-41(45)33-31-29-27-25-23-19-17-15-13-11-9-7-2/h39-40H,6-38H2,1-5H3. The predicted octanol–water partition coefficient (Wildman–Crippen LogP) is 10.0. The molecule has 0 saturated carbocycles. The lowest BCUT2D eigenvalue weighted by Gasteiger charge is -2.34. The largest absolute Gasteiger partial charge is 0.544 e. The molecule has 0 aromatic carbocycles. The molecule has 0 N–H and O–H groups in total. The topological polar surface area (TPSA) is 102 Å². The van der Waals surface area contributed by atoms with Crippen LogP contribution in [-0.2, 0) is 28.6 Å². The molecule has 0 rings (SSSR count). The van der Waals surface area contributed by atoms with Crippen LogP contribution in [0.15, 0.2) is 0 Å². The van der Waals surface area contributed by atoms with Crippen LogP contribution in [0.4, 0.5) is 0 Å². The van der Waals surface area contributed by atoms with Crippen molar-refractivity contribution < 1.29 is 38.2 Å². The number of carbonyl (C=O) groups excluding carboxylic acids is 3. The van der Waals surface area contributed by atoms with Crippen LogP contribution in [0.2, 0.25) is 0 Å². The van der Waals surface area contributed by atoms with Crippen molar-refractivity contribution in [2.45, 2.75) is 219 Å². The van der Waals surface area contributed by atoms with Crippen LogP contribution in [0.3, 0.4) is 0 Å². The number of unbranched alkanes of at least 4 members (excludes halogenated alkanes) is 25. The Morgan fingerprint density at radius 1 is 0.510 bits per heavy atom.